The van der Waals surface area contributed by atoms with E-state index in [9.17, 15) is 4.79 Å². The van der Waals surface area contributed by atoms with Gasteiger partial charge in [0.05, 0.1) is 20.7 Å². The topological polar surface area (TPSA) is 29.5 Å². The van der Waals surface area contributed by atoms with Crippen LogP contribution in [-0.2, 0) is 15.1 Å². The molecule has 40 heavy (non-hydrogen) atoms. The molecule has 5 rings (SSSR count). The number of hydrogen-bond donors (Lipinski definition) is 0. The molecule has 0 radical (unpaired) electrons. The summed E-state index contributed by atoms with van der Waals surface area (Å²) in [6.07, 6.45) is 2.57. The van der Waals surface area contributed by atoms with Crippen molar-refractivity contribution in [2.45, 2.75) is 56.5 Å². The van der Waals surface area contributed by atoms with Crippen molar-refractivity contribution in [3.8, 4) is 0 Å². The zero-order chi connectivity index (χ0) is 28.0. The van der Waals surface area contributed by atoms with Gasteiger partial charge < -0.3 is 9.64 Å². The normalized spacial score (nSPS) is 16.6. The maximum atomic E-state index is 13.8. The minimum atomic E-state index is -1.78. The Kier molecular flexibility index (Phi) is 8.68. The van der Waals surface area contributed by atoms with Crippen LogP contribution in [-0.4, -0.2) is 38.1 Å². The third kappa shape index (κ3) is 5.70. The van der Waals surface area contributed by atoms with Gasteiger partial charge in [0.2, 0.25) is 5.91 Å². The van der Waals surface area contributed by atoms with Crippen LogP contribution in [0.5, 0.6) is 0 Å². The lowest BCUT2D eigenvalue weighted by Gasteiger charge is -2.38. The van der Waals surface area contributed by atoms with Crippen LogP contribution < -0.4 is 5.19 Å². The van der Waals surface area contributed by atoms with E-state index in [0.717, 1.165) is 36.1 Å². The number of carbonyl (C=O) groups is 1. The number of likely N-dealkylation sites (tertiary alicyclic amines) is 1. The molecule has 4 aromatic rings. The Balaban J connectivity index is 1.40. The van der Waals surface area contributed by atoms with Crippen molar-refractivity contribution < 1.29 is 9.53 Å². The summed E-state index contributed by atoms with van der Waals surface area (Å²) in [6.45, 7) is 8.34. The molecule has 2 atom stereocenters. The predicted molar refractivity (Wildman–Crippen MR) is 167 cm³/mol. The summed E-state index contributed by atoms with van der Waals surface area (Å²) in [5, 5.41) is 1.41. The molecule has 0 aliphatic carbocycles. The predicted octanol–water partition coefficient (Wildman–Crippen LogP) is 7.38. The van der Waals surface area contributed by atoms with E-state index in [1.165, 1.54) is 5.19 Å². The largest absolute Gasteiger partial charge is 0.359 e. The third-order valence-electron chi connectivity index (χ3n) is 8.96. The van der Waals surface area contributed by atoms with Crippen molar-refractivity contribution in [3.63, 3.8) is 0 Å². The van der Waals surface area contributed by atoms with Gasteiger partial charge in [0.25, 0.3) is 0 Å². The highest BCUT2D eigenvalue weighted by atomic mass is 28.3. The first kappa shape index (κ1) is 28.1. The van der Waals surface area contributed by atoms with E-state index in [1.54, 1.807) is 0 Å². The third-order valence-corrected chi connectivity index (χ3v) is 13.5. The summed E-state index contributed by atoms with van der Waals surface area (Å²) in [5.41, 5.74) is 2.85. The lowest BCUT2D eigenvalue weighted by atomic mass is 9.80. The number of hydrogen-bond acceptors (Lipinski definition) is 2. The zero-order valence-corrected chi connectivity index (χ0v) is 25.0. The van der Waals surface area contributed by atoms with E-state index in [-0.39, 0.29) is 11.9 Å². The molecular formula is C36H41NO2Si. The lowest BCUT2D eigenvalue weighted by Crippen LogP contribution is -2.47. The molecule has 1 fully saturated rings. The molecule has 3 nitrogen and oxygen atoms in total. The van der Waals surface area contributed by atoms with Gasteiger partial charge in [0.15, 0.2) is 0 Å². The zero-order valence-electron chi connectivity index (χ0n) is 24.0. The number of nitrogens with zero attached hydrogens (tertiary/aromatic N) is 1. The van der Waals surface area contributed by atoms with Crippen molar-refractivity contribution in [1.29, 1.82) is 0 Å². The monoisotopic (exact) mass is 547 g/mol. The molecule has 0 spiro atoms. The Labute approximate surface area is 240 Å². The van der Waals surface area contributed by atoms with Crippen LogP contribution in [0.3, 0.4) is 0 Å². The van der Waals surface area contributed by atoms with Crippen LogP contribution in [0.25, 0.3) is 0 Å². The molecule has 0 aromatic heterocycles. The fraction of sp³-hybridized carbons (Fsp3) is 0.306. The van der Waals surface area contributed by atoms with Crippen LogP contribution in [0.15, 0.2) is 121 Å². The molecular weight excluding hydrogens is 506 g/mol. The Morgan fingerprint density at radius 2 is 1.25 bits per heavy atom. The Bertz CT molecular complexity index is 1260. The van der Waals surface area contributed by atoms with Gasteiger partial charge in [0, 0.05) is 13.0 Å². The van der Waals surface area contributed by atoms with Gasteiger partial charge in [-0.1, -0.05) is 147 Å². The summed E-state index contributed by atoms with van der Waals surface area (Å²) in [7, 11) is -1.78. The lowest BCUT2D eigenvalue weighted by molar-refractivity contribution is -0.134. The van der Waals surface area contributed by atoms with Crippen molar-refractivity contribution in [3.05, 3.63) is 138 Å². The van der Waals surface area contributed by atoms with E-state index in [1.807, 2.05) is 18.2 Å². The molecule has 4 aromatic carbocycles. The van der Waals surface area contributed by atoms with E-state index in [2.05, 4.69) is 128 Å². The molecule has 0 unspecified atom stereocenters. The molecule has 4 heteroatoms. The van der Waals surface area contributed by atoms with Crippen molar-refractivity contribution in [1.82, 2.24) is 4.90 Å². The van der Waals surface area contributed by atoms with Gasteiger partial charge in [-0.3, -0.25) is 4.79 Å². The highest BCUT2D eigenvalue weighted by Gasteiger charge is 2.40. The molecule has 1 heterocycles. The van der Waals surface area contributed by atoms with Crippen LogP contribution >= 0.6 is 0 Å². The smallest absolute Gasteiger partial charge is 0.222 e. The quantitative estimate of drug-likeness (QED) is 0.153. The Morgan fingerprint density at radius 1 is 0.800 bits per heavy atom. The second kappa shape index (κ2) is 12.4. The highest BCUT2D eigenvalue weighted by molar-refractivity contribution is 6.91. The standard InChI is InChI=1S/C36H41NO2Si/c1-29(40(2,3)34-24-14-7-15-25-34)27-35(38)37-26-16-23-33(37)28-39-36(30-17-8-4-9-18-30,31-19-10-5-11-20-31)32-21-12-6-13-22-32/h4-15,17-22,24-25,29,33H,16,23,26-28H2,1-3H3/t29-,33-/m0/s1. The average Bonchev–Trinajstić information content (AvgIpc) is 3.48. The minimum absolute atomic E-state index is 0.0664. The molecule has 0 bridgehead atoms. The number of carbonyl (C=O) groups excluding carboxylic acids is 1. The van der Waals surface area contributed by atoms with Gasteiger partial charge >= 0.3 is 0 Å². The first-order chi connectivity index (χ1) is 19.4. The van der Waals surface area contributed by atoms with Gasteiger partial charge in [-0.05, 0) is 35.1 Å². The SMILES string of the molecule is C[C@@H](CC(=O)N1CCC[C@H]1COC(c1ccccc1)(c1ccccc1)c1ccccc1)[Si](C)(C)c1ccccc1. The molecule has 206 valence electrons. The van der Waals surface area contributed by atoms with E-state index in [4.69, 9.17) is 4.74 Å². The van der Waals surface area contributed by atoms with E-state index in [0.29, 0.717) is 18.6 Å². The number of amides is 1. The number of benzene rings is 4. The van der Waals surface area contributed by atoms with Gasteiger partial charge in [0.1, 0.15) is 5.60 Å². The van der Waals surface area contributed by atoms with E-state index < -0.39 is 13.7 Å². The molecule has 1 aliphatic heterocycles. The van der Waals surface area contributed by atoms with Crippen LogP contribution in [0, 0.1) is 0 Å². The van der Waals surface area contributed by atoms with Crippen molar-refractivity contribution in [2.24, 2.45) is 0 Å². The molecule has 0 saturated carbocycles. The maximum Gasteiger partial charge on any atom is 0.222 e. The molecule has 1 aliphatic rings. The number of ether oxygens (including phenoxy) is 1. The average molecular weight is 548 g/mol. The Hall–Kier alpha value is -3.47. The summed E-state index contributed by atoms with van der Waals surface area (Å²) < 4.78 is 7.11. The van der Waals surface area contributed by atoms with E-state index >= 15 is 0 Å². The summed E-state index contributed by atoms with van der Waals surface area (Å²) >= 11 is 0. The highest BCUT2D eigenvalue weighted by Crippen LogP contribution is 2.41. The molecule has 1 amide bonds. The van der Waals surface area contributed by atoms with Crippen molar-refractivity contribution >= 4 is 19.2 Å². The second-order valence-corrected chi connectivity index (χ2v) is 16.7. The number of rotatable bonds is 10. The summed E-state index contributed by atoms with van der Waals surface area (Å²) in [5.74, 6) is 0.264. The molecule has 1 saturated heterocycles. The fourth-order valence-corrected chi connectivity index (χ4v) is 8.42. The summed E-state index contributed by atoms with van der Waals surface area (Å²) in [6, 6.07) is 42.3. The first-order valence-corrected chi connectivity index (χ1v) is 17.7. The van der Waals surface area contributed by atoms with Crippen LogP contribution in [0.1, 0.15) is 42.9 Å². The van der Waals surface area contributed by atoms with Crippen LogP contribution in [0.4, 0.5) is 0 Å². The molecule has 0 N–H and O–H groups in total. The van der Waals surface area contributed by atoms with Gasteiger partial charge in [-0.25, -0.2) is 0 Å². The van der Waals surface area contributed by atoms with Crippen LogP contribution in [0.2, 0.25) is 18.6 Å². The first-order valence-electron chi connectivity index (χ1n) is 14.6. The fourth-order valence-electron chi connectivity index (χ4n) is 6.11. The Morgan fingerprint density at radius 3 is 1.73 bits per heavy atom. The van der Waals surface area contributed by atoms with Gasteiger partial charge in [-0.2, -0.15) is 0 Å². The maximum absolute atomic E-state index is 13.8. The summed E-state index contributed by atoms with van der Waals surface area (Å²) in [4.78, 5) is 15.9. The van der Waals surface area contributed by atoms with Gasteiger partial charge in [-0.15, -0.1) is 0 Å². The minimum Gasteiger partial charge on any atom is -0.359 e. The van der Waals surface area contributed by atoms with Crippen molar-refractivity contribution in [2.75, 3.05) is 13.2 Å². The second-order valence-electron chi connectivity index (χ2n) is 11.7.